The molecule has 1 N–H and O–H groups in total. The third-order valence-electron chi connectivity index (χ3n) is 4.49. The molecular weight excluding hydrogens is 480 g/mol. The van der Waals surface area contributed by atoms with Crippen LogP contribution < -0.4 is 10.1 Å². The number of methoxy groups -OCH3 is 1. The van der Waals surface area contributed by atoms with Crippen molar-refractivity contribution in [3.05, 3.63) is 58.6 Å². The molecule has 1 heterocycles. The highest BCUT2D eigenvalue weighted by Gasteiger charge is 2.20. The van der Waals surface area contributed by atoms with Crippen molar-refractivity contribution in [1.82, 2.24) is 15.1 Å². The lowest BCUT2D eigenvalue weighted by Gasteiger charge is -2.22. The summed E-state index contributed by atoms with van der Waals surface area (Å²) < 4.78 is 6.28. The van der Waals surface area contributed by atoms with E-state index in [1.54, 1.807) is 23.1 Å². The number of hydrogen-bond donors (Lipinski definition) is 1. The van der Waals surface area contributed by atoms with Crippen molar-refractivity contribution in [2.75, 3.05) is 25.5 Å². The summed E-state index contributed by atoms with van der Waals surface area (Å²) in [7, 11) is 1.54. The van der Waals surface area contributed by atoms with Crippen LogP contribution >= 0.6 is 27.3 Å². The number of nitrogens with one attached hydrogen (secondary N) is 1. The maximum atomic E-state index is 13.0. The first kappa shape index (κ1) is 22.9. The van der Waals surface area contributed by atoms with Gasteiger partial charge >= 0.3 is 0 Å². The molecule has 0 fully saturated rings. The van der Waals surface area contributed by atoms with E-state index in [1.807, 2.05) is 37.3 Å². The number of carbonyl (C=O) groups excluding carboxylic acids is 2. The number of amides is 2. The average molecular weight is 503 g/mol. The van der Waals surface area contributed by atoms with Gasteiger partial charge in [0.2, 0.25) is 11.0 Å². The van der Waals surface area contributed by atoms with Crippen molar-refractivity contribution in [2.45, 2.75) is 19.8 Å². The number of ether oxygens (including phenoxy) is 1. The van der Waals surface area contributed by atoms with Crippen LogP contribution in [0.1, 0.15) is 30.1 Å². The maximum absolute atomic E-state index is 13.0. The minimum absolute atomic E-state index is 0.152. The Hall–Kier alpha value is -2.78. The van der Waals surface area contributed by atoms with Crippen LogP contribution in [-0.4, -0.2) is 47.1 Å². The Morgan fingerprint density at radius 3 is 2.55 bits per heavy atom. The van der Waals surface area contributed by atoms with Crippen LogP contribution in [0.5, 0.6) is 5.75 Å². The Morgan fingerprint density at radius 2 is 1.84 bits per heavy atom. The molecule has 7 nitrogen and oxygen atoms in total. The number of carbonyl (C=O) groups is 2. The van der Waals surface area contributed by atoms with Gasteiger partial charge in [-0.1, -0.05) is 58.5 Å². The van der Waals surface area contributed by atoms with Gasteiger partial charge in [0.1, 0.15) is 10.8 Å². The molecule has 0 saturated carbocycles. The van der Waals surface area contributed by atoms with Crippen LogP contribution in [-0.2, 0) is 4.79 Å². The Kier molecular flexibility index (Phi) is 8.13. The highest BCUT2D eigenvalue weighted by atomic mass is 79.9. The van der Waals surface area contributed by atoms with E-state index in [-0.39, 0.29) is 18.2 Å². The molecule has 3 rings (SSSR count). The van der Waals surface area contributed by atoms with Gasteiger partial charge in [-0.25, -0.2) is 0 Å². The van der Waals surface area contributed by atoms with E-state index in [2.05, 4.69) is 31.4 Å². The van der Waals surface area contributed by atoms with Crippen LogP contribution in [0.15, 0.2) is 53.0 Å². The van der Waals surface area contributed by atoms with E-state index in [0.29, 0.717) is 29.5 Å². The molecular formula is C22H23BrN4O3S. The number of halogens is 1. The molecule has 0 aliphatic heterocycles. The number of aromatic nitrogens is 2. The van der Waals surface area contributed by atoms with Crippen molar-refractivity contribution in [1.29, 1.82) is 0 Å². The first-order valence-corrected chi connectivity index (χ1v) is 11.4. The van der Waals surface area contributed by atoms with Crippen LogP contribution in [0.2, 0.25) is 0 Å². The standard InChI is InChI=1S/C22H23BrN4O3S/c1-3-13-27(21(29)17-6-4-5-7-18(17)30-2)14-12-19(28)24-22-26-25-20(31-22)15-8-10-16(23)11-9-15/h4-11H,3,12-14H2,1-2H3,(H,24,26,28). The van der Waals surface area contributed by atoms with Gasteiger partial charge in [0, 0.05) is 29.5 Å². The molecule has 2 aromatic carbocycles. The number of nitrogens with zero attached hydrogens (tertiary/aromatic N) is 3. The maximum Gasteiger partial charge on any atom is 0.257 e. The van der Waals surface area contributed by atoms with Crippen molar-refractivity contribution in [3.63, 3.8) is 0 Å². The molecule has 0 bridgehead atoms. The van der Waals surface area contributed by atoms with Gasteiger partial charge in [-0.3, -0.25) is 9.59 Å². The first-order valence-electron chi connectivity index (χ1n) is 9.83. The molecule has 0 radical (unpaired) electrons. The summed E-state index contributed by atoms with van der Waals surface area (Å²) in [6.45, 7) is 2.85. The summed E-state index contributed by atoms with van der Waals surface area (Å²) in [5.74, 6) is 0.153. The topological polar surface area (TPSA) is 84.4 Å². The van der Waals surface area contributed by atoms with Crippen LogP contribution in [0, 0.1) is 0 Å². The van der Waals surface area contributed by atoms with Crippen molar-refractivity contribution >= 4 is 44.2 Å². The smallest absolute Gasteiger partial charge is 0.257 e. The van der Waals surface area contributed by atoms with E-state index >= 15 is 0 Å². The molecule has 0 saturated heterocycles. The fourth-order valence-electron chi connectivity index (χ4n) is 2.98. The fourth-order valence-corrected chi connectivity index (χ4v) is 4.01. The second-order valence-electron chi connectivity index (χ2n) is 6.71. The SMILES string of the molecule is CCCN(CCC(=O)Nc1nnc(-c2ccc(Br)cc2)s1)C(=O)c1ccccc1OC. The highest BCUT2D eigenvalue weighted by Crippen LogP contribution is 2.27. The van der Waals surface area contributed by atoms with Gasteiger partial charge in [-0.05, 0) is 30.7 Å². The highest BCUT2D eigenvalue weighted by molar-refractivity contribution is 9.10. The van der Waals surface area contributed by atoms with E-state index < -0.39 is 0 Å². The van der Waals surface area contributed by atoms with Gasteiger partial charge in [-0.2, -0.15) is 0 Å². The van der Waals surface area contributed by atoms with Crippen LogP contribution in [0.25, 0.3) is 10.6 Å². The molecule has 9 heteroatoms. The summed E-state index contributed by atoms with van der Waals surface area (Å²) >= 11 is 4.71. The lowest BCUT2D eigenvalue weighted by Crippen LogP contribution is -2.34. The van der Waals surface area contributed by atoms with Crippen LogP contribution in [0.4, 0.5) is 5.13 Å². The zero-order chi connectivity index (χ0) is 22.2. The molecule has 3 aromatic rings. The van der Waals surface area contributed by atoms with Crippen molar-refractivity contribution < 1.29 is 14.3 Å². The zero-order valence-electron chi connectivity index (χ0n) is 17.3. The minimum atomic E-state index is -0.215. The average Bonchev–Trinajstić information content (AvgIpc) is 3.25. The molecule has 0 spiro atoms. The number of hydrogen-bond acceptors (Lipinski definition) is 6. The molecule has 0 atom stereocenters. The Balaban J connectivity index is 1.60. The van der Waals surface area contributed by atoms with E-state index in [0.717, 1.165) is 21.5 Å². The molecule has 0 aliphatic rings. The molecule has 1 aromatic heterocycles. The van der Waals surface area contributed by atoms with Crippen molar-refractivity contribution in [3.8, 4) is 16.3 Å². The quantitative estimate of drug-likeness (QED) is 0.451. The molecule has 0 aliphatic carbocycles. The summed E-state index contributed by atoms with van der Waals surface area (Å²) in [6, 6.07) is 14.8. The summed E-state index contributed by atoms with van der Waals surface area (Å²) in [6.07, 6.45) is 0.948. The number of rotatable bonds is 9. The molecule has 2 amide bonds. The van der Waals surface area contributed by atoms with Crippen molar-refractivity contribution in [2.24, 2.45) is 0 Å². The molecule has 31 heavy (non-hydrogen) atoms. The third-order valence-corrected chi connectivity index (χ3v) is 5.91. The van der Waals surface area contributed by atoms with Gasteiger partial charge in [0.25, 0.3) is 5.91 Å². The largest absolute Gasteiger partial charge is 0.496 e. The van der Waals surface area contributed by atoms with E-state index in [1.165, 1.54) is 18.4 Å². The third kappa shape index (κ3) is 6.11. The van der Waals surface area contributed by atoms with Gasteiger partial charge in [0.15, 0.2) is 0 Å². The second-order valence-corrected chi connectivity index (χ2v) is 8.60. The van der Waals surface area contributed by atoms with E-state index in [9.17, 15) is 9.59 Å². The Bertz CT molecular complexity index is 1040. The lowest BCUT2D eigenvalue weighted by molar-refractivity contribution is -0.116. The summed E-state index contributed by atoms with van der Waals surface area (Å²) in [4.78, 5) is 27.1. The minimum Gasteiger partial charge on any atom is -0.496 e. The predicted octanol–water partition coefficient (Wildman–Crippen LogP) is 4.86. The molecule has 0 unspecified atom stereocenters. The monoisotopic (exact) mass is 502 g/mol. The lowest BCUT2D eigenvalue weighted by atomic mass is 10.1. The Morgan fingerprint density at radius 1 is 1.10 bits per heavy atom. The normalized spacial score (nSPS) is 10.5. The fraction of sp³-hybridized carbons (Fsp3) is 0.273. The number of para-hydroxylation sites is 1. The zero-order valence-corrected chi connectivity index (χ0v) is 19.7. The van der Waals surface area contributed by atoms with Gasteiger partial charge in [0.05, 0.1) is 12.7 Å². The van der Waals surface area contributed by atoms with Crippen LogP contribution in [0.3, 0.4) is 0 Å². The number of benzene rings is 2. The predicted molar refractivity (Wildman–Crippen MR) is 125 cm³/mol. The molecule has 162 valence electrons. The summed E-state index contributed by atoms with van der Waals surface area (Å²) in [5, 5.41) is 12.1. The number of anilines is 1. The summed E-state index contributed by atoms with van der Waals surface area (Å²) in [5.41, 5.74) is 1.42. The van der Waals surface area contributed by atoms with Gasteiger partial charge < -0.3 is 15.0 Å². The van der Waals surface area contributed by atoms with E-state index in [4.69, 9.17) is 4.74 Å². The Labute approximate surface area is 193 Å². The van der Waals surface area contributed by atoms with Gasteiger partial charge in [-0.15, -0.1) is 10.2 Å². The second kappa shape index (κ2) is 11.0. The first-order chi connectivity index (χ1) is 15.0.